The minimum Gasteiger partial charge on any atom is -0.507 e. The third-order valence-corrected chi connectivity index (χ3v) is 5.67. The highest BCUT2D eigenvalue weighted by molar-refractivity contribution is 6.33. The zero-order valence-corrected chi connectivity index (χ0v) is 18.2. The maximum absolute atomic E-state index is 11.2. The molecule has 1 heterocycles. The van der Waals surface area contributed by atoms with Gasteiger partial charge in [0, 0.05) is 12.2 Å². The van der Waals surface area contributed by atoms with Crippen molar-refractivity contribution in [1.82, 2.24) is 0 Å². The van der Waals surface area contributed by atoms with Gasteiger partial charge < -0.3 is 19.7 Å². The van der Waals surface area contributed by atoms with Gasteiger partial charge >= 0.3 is 0 Å². The SMILES string of the molecule is CC(=CCc1c(O)c(Cl)c(C)c(C=O)c1O)CCC=C(C)COC1CCCCO1. The Morgan fingerprint density at radius 3 is 2.62 bits per heavy atom. The van der Waals surface area contributed by atoms with Crippen LogP contribution in [0.15, 0.2) is 23.3 Å². The molecule has 1 aromatic rings. The second-order valence-corrected chi connectivity index (χ2v) is 7.98. The standard InChI is InChI=1S/C23H31ClO5/c1-15(7-6-8-16(2)14-29-20-9-4-5-12-28-20)10-11-18-22(26)19(13-25)17(3)21(24)23(18)27/h8,10,13,20,26-27H,4-7,9,11-12,14H2,1-3H3. The van der Waals surface area contributed by atoms with E-state index < -0.39 is 0 Å². The molecule has 160 valence electrons. The summed E-state index contributed by atoms with van der Waals surface area (Å²) in [6.45, 7) is 7.00. The number of hydrogen-bond donors (Lipinski definition) is 2. The van der Waals surface area contributed by atoms with Gasteiger partial charge in [-0.05, 0) is 64.9 Å². The lowest BCUT2D eigenvalue weighted by molar-refractivity contribution is -0.156. The Balaban J connectivity index is 1.89. The number of benzene rings is 1. The molecular weight excluding hydrogens is 392 g/mol. The summed E-state index contributed by atoms with van der Waals surface area (Å²) >= 11 is 6.09. The molecule has 0 saturated carbocycles. The van der Waals surface area contributed by atoms with E-state index in [9.17, 15) is 15.0 Å². The Hall–Kier alpha value is -1.82. The van der Waals surface area contributed by atoms with E-state index in [0.717, 1.165) is 44.3 Å². The fraction of sp³-hybridized carbons (Fsp3) is 0.522. The van der Waals surface area contributed by atoms with Crippen molar-refractivity contribution < 1.29 is 24.5 Å². The molecule has 0 amide bonds. The van der Waals surface area contributed by atoms with Crippen molar-refractivity contribution in [3.8, 4) is 11.5 Å². The van der Waals surface area contributed by atoms with Gasteiger partial charge in [-0.1, -0.05) is 34.9 Å². The first-order valence-electron chi connectivity index (χ1n) is 10.1. The van der Waals surface area contributed by atoms with Crippen LogP contribution in [0.25, 0.3) is 0 Å². The quantitative estimate of drug-likeness (QED) is 0.398. The van der Waals surface area contributed by atoms with Crippen molar-refractivity contribution in [2.45, 2.75) is 65.6 Å². The lowest BCUT2D eigenvalue weighted by Crippen LogP contribution is -2.22. The molecule has 1 aliphatic rings. The lowest BCUT2D eigenvalue weighted by atomic mass is 9.99. The van der Waals surface area contributed by atoms with E-state index in [1.807, 2.05) is 19.9 Å². The largest absolute Gasteiger partial charge is 0.507 e. The maximum Gasteiger partial charge on any atom is 0.158 e. The number of carbonyl (C=O) groups excluding carboxylic acids is 1. The van der Waals surface area contributed by atoms with Crippen molar-refractivity contribution in [3.63, 3.8) is 0 Å². The van der Waals surface area contributed by atoms with Crippen molar-refractivity contribution in [2.24, 2.45) is 0 Å². The molecule has 6 heteroatoms. The fourth-order valence-corrected chi connectivity index (χ4v) is 3.48. The smallest absolute Gasteiger partial charge is 0.158 e. The molecule has 1 aliphatic heterocycles. The Labute approximate surface area is 178 Å². The van der Waals surface area contributed by atoms with Gasteiger partial charge in [-0.2, -0.15) is 0 Å². The molecule has 0 radical (unpaired) electrons. The summed E-state index contributed by atoms with van der Waals surface area (Å²) < 4.78 is 11.3. The Kier molecular flexibility index (Phi) is 9.21. The Morgan fingerprint density at radius 2 is 1.97 bits per heavy atom. The molecule has 2 N–H and O–H groups in total. The Morgan fingerprint density at radius 1 is 1.21 bits per heavy atom. The number of halogens is 1. The molecule has 0 bridgehead atoms. The zero-order valence-electron chi connectivity index (χ0n) is 17.5. The van der Waals surface area contributed by atoms with Crippen molar-refractivity contribution in [3.05, 3.63) is 45.0 Å². The first-order valence-corrected chi connectivity index (χ1v) is 10.5. The predicted molar refractivity (Wildman–Crippen MR) is 115 cm³/mol. The van der Waals surface area contributed by atoms with E-state index in [0.29, 0.717) is 24.9 Å². The van der Waals surface area contributed by atoms with Crippen molar-refractivity contribution in [1.29, 1.82) is 0 Å². The van der Waals surface area contributed by atoms with Gasteiger partial charge in [-0.15, -0.1) is 0 Å². The van der Waals surface area contributed by atoms with Crippen LogP contribution < -0.4 is 0 Å². The Bertz CT molecular complexity index is 776. The molecule has 0 spiro atoms. The van der Waals surface area contributed by atoms with Gasteiger partial charge in [0.15, 0.2) is 12.6 Å². The minimum absolute atomic E-state index is 0.0772. The van der Waals surface area contributed by atoms with Crippen LogP contribution in [0.1, 0.15) is 67.4 Å². The number of hydrogen-bond acceptors (Lipinski definition) is 5. The number of allylic oxidation sites excluding steroid dienone is 3. The van der Waals surface area contributed by atoms with Gasteiger partial charge in [0.05, 0.1) is 17.2 Å². The van der Waals surface area contributed by atoms with E-state index in [-0.39, 0.29) is 33.9 Å². The molecule has 1 unspecified atom stereocenters. The molecule has 1 saturated heterocycles. The minimum atomic E-state index is -0.207. The van der Waals surface area contributed by atoms with E-state index >= 15 is 0 Å². The number of rotatable bonds is 9. The summed E-state index contributed by atoms with van der Waals surface area (Å²) in [7, 11) is 0. The third kappa shape index (κ3) is 6.59. The number of ether oxygens (including phenoxy) is 2. The predicted octanol–water partition coefficient (Wildman–Crippen LogP) is 5.63. The highest BCUT2D eigenvalue weighted by atomic mass is 35.5. The van der Waals surface area contributed by atoms with Crippen LogP contribution >= 0.6 is 11.6 Å². The second kappa shape index (κ2) is 11.4. The fourth-order valence-electron chi connectivity index (χ4n) is 3.27. The average molecular weight is 423 g/mol. The monoisotopic (exact) mass is 422 g/mol. The first-order chi connectivity index (χ1) is 13.8. The van der Waals surface area contributed by atoms with Crippen LogP contribution in [-0.2, 0) is 15.9 Å². The van der Waals surface area contributed by atoms with Gasteiger partial charge in [0.25, 0.3) is 0 Å². The number of aromatic hydroxyl groups is 2. The molecular formula is C23H31ClO5. The van der Waals surface area contributed by atoms with Crippen molar-refractivity contribution in [2.75, 3.05) is 13.2 Å². The molecule has 1 aromatic carbocycles. The van der Waals surface area contributed by atoms with Crippen LogP contribution in [0.5, 0.6) is 11.5 Å². The van der Waals surface area contributed by atoms with Crippen LogP contribution in [0.4, 0.5) is 0 Å². The average Bonchev–Trinajstić information content (AvgIpc) is 2.72. The van der Waals surface area contributed by atoms with E-state index in [4.69, 9.17) is 21.1 Å². The number of phenols is 2. The number of carbonyl (C=O) groups is 1. The van der Waals surface area contributed by atoms with Crippen LogP contribution in [0.3, 0.4) is 0 Å². The summed E-state index contributed by atoms with van der Waals surface area (Å²) in [5, 5.41) is 20.6. The van der Waals surface area contributed by atoms with Gasteiger partial charge in [0.1, 0.15) is 11.5 Å². The zero-order chi connectivity index (χ0) is 21.4. The van der Waals surface area contributed by atoms with Gasteiger partial charge in [-0.3, -0.25) is 4.79 Å². The number of aldehydes is 1. The van der Waals surface area contributed by atoms with Gasteiger partial charge in [-0.25, -0.2) is 0 Å². The normalized spacial score (nSPS) is 18.1. The lowest BCUT2D eigenvalue weighted by Gasteiger charge is -2.22. The van der Waals surface area contributed by atoms with Crippen LogP contribution in [0, 0.1) is 6.92 Å². The molecule has 1 atom stereocenters. The molecule has 0 aliphatic carbocycles. The van der Waals surface area contributed by atoms with Gasteiger partial charge in [0.2, 0.25) is 0 Å². The second-order valence-electron chi connectivity index (χ2n) is 7.60. The van der Waals surface area contributed by atoms with E-state index in [1.165, 1.54) is 5.57 Å². The summed E-state index contributed by atoms with van der Waals surface area (Å²) in [6, 6.07) is 0. The summed E-state index contributed by atoms with van der Waals surface area (Å²) in [5.41, 5.74) is 3.06. The van der Waals surface area contributed by atoms with E-state index in [1.54, 1.807) is 6.92 Å². The van der Waals surface area contributed by atoms with Crippen molar-refractivity contribution >= 4 is 17.9 Å². The summed E-state index contributed by atoms with van der Waals surface area (Å²) in [6.07, 6.45) is 9.82. The van der Waals surface area contributed by atoms with E-state index in [2.05, 4.69) is 6.08 Å². The highest BCUT2D eigenvalue weighted by Crippen LogP contribution is 2.40. The summed E-state index contributed by atoms with van der Waals surface area (Å²) in [4.78, 5) is 11.2. The van der Waals surface area contributed by atoms with Crippen LogP contribution in [0.2, 0.25) is 5.02 Å². The number of phenolic OH excluding ortho intramolecular Hbond substituents is 2. The summed E-state index contributed by atoms with van der Waals surface area (Å²) in [5.74, 6) is -0.379. The molecule has 1 fully saturated rings. The third-order valence-electron chi connectivity index (χ3n) is 5.21. The molecule has 29 heavy (non-hydrogen) atoms. The maximum atomic E-state index is 11.2. The first kappa shape index (κ1) is 23.5. The molecule has 2 rings (SSSR count). The molecule has 5 nitrogen and oxygen atoms in total. The molecule has 0 aromatic heterocycles. The topological polar surface area (TPSA) is 76.0 Å². The highest BCUT2D eigenvalue weighted by Gasteiger charge is 2.19. The van der Waals surface area contributed by atoms with Crippen LogP contribution in [-0.4, -0.2) is 36.0 Å².